The maximum atomic E-state index is 11.8. The zero-order chi connectivity index (χ0) is 13.2. The van der Waals surface area contributed by atoms with Crippen molar-refractivity contribution < 1.29 is 14.3 Å². The second kappa shape index (κ2) is 8.66. The monoisotopic (exact) mass is 251 g/mol. The molecular formula is C14H21NO3. The highest BCUT2D eigenvalue weighted by Crippen LogP contribution is 2.03. The first kappa shape index (κ1) is 14.7. The summed E-state index contributed by atoms with van der Waals surface area (Å²) in [5.41, 5.74) is 1.79. The number of carbonyl (C=O) groups is 1. The lowest BCUT2D eigenvalue weighted by atomic mass is 10.1. The van der Waals surface area contributed by atoms with E-state index in [1.54, 1.807) is 7.11 Å². The molecule has 1 amide bonds. The molecule has 0 saturated heterocycles. The number of hydrogen-bond acceptors (Lipinski definition) is 3. The van der Waals surface area contributed by atoms with Crippen molar-refractivity contribution in [1.82, 2.24) is 5.32 Å². The maximum absolute atomic E-state index is 11.8. The van der Waals surface area contributed by atoms with E-state index in [2.05, 4.69) is 5.32 Å². The Morgan fingerprint density at radius 3 is 2.83 bits per heavy atom. The molecule has 18 heavy (non-hydrogen) atoms. The van der Waals surface area contributed by atoms with Crippen molar-refractivity contribution in [3.05, 3.63) is 35.4 Å². The first-order valence-corrected chi connectivity index (χ1v) is 6.15. The van der Waals surface area contributed by atoms with Crippen LogP contribution in [-0.2, 0) is 9.47 Å². The molecule has 1 rings (SSSR count). The van der Waals surface area contributed by atoms with Crippen LogP contribution in [0.15, 0.2) is 24.3 Å². The third-order valence-electron chi connectivity index (χ3n) is 2.46. The lowest BCUT2D eigenvalue weighted by Gasteiger charge is -2.06. The lowest BCUT2D eigenvalue weighted by molar-refractivity contribution is 0.0688. The van der Waals surface area contributed by atoms with Gasteiger partial charge in [0, 0.05) is 25.8 Å². The van der Waals surface area contributed by atoms with Crippen LogP contribution in [-0.4, -0.2) is 39.4 Å². The number of aryl methyl sites for hydroxylation is 1. The summed E-state index contributed by atoms with van der Waals surface area (Å²) >= 11 is 0. The number of ether oxygens (including phenoxy) is 2. The average molecular weight is 251 g/mol. The topological polar surface area (TPSA) is 47.6 Å². The third kappa shape index (κ3) is 5.80. The molecule has 0 bridgehead atoms. The van der Waals surface area contributed by atoms with E-state index in [1.165, 1.54) is 0 Å². The van der Waals surface area contributed by atoms with Gasteiger partial charge >= 0.3 is 0 Å². The molecule has 100 valence electrons. The fraction of sp³-hybridized carbons (Fsp3) is 0.500. The molecule has 0 aliphatic carbocycles. The Hall–Kier alpha value is -1.39. The Labute approximate surface area is 108 Å². The van der Waals surface area contributed by atoms with Crippen molar-refractivity contribution in [3.8, 4) is 0 Å². The second-order valence-electron chi connectivity index (χ2n) is 4.08. The van der Waals surface area contributed by atoms with Crippen molar-refractivity contribution in [2.24, 2.45) is 0 Å². The van der Waals surface area contributed by atoms with Gasteiger partial charge in [-0.25, -0.2) is 0 Å². The minimum Gasteiger partial charge on any atom is -0.382 e. The highest BCUT2D eigenvalue weighted by molar-refractivity contribution is 5.94. The van der Waals surface area contributed by atoms with Crippen LogP contribution in [0.5, 0.6) is 0 Å². The SMILES string of the molecule is COCCOCCCNC(=O)c1cccc(C)c1. The van der Waals surface area contributed by atoms with Crippen LogP contribution in [0, 0.1) is 6.92 Å². The summed E-state index contributed by atoms with van der Waals surface area (Å²) in [4.78, 5) is 11.8. The number of hydrogen-bond donors (Lipinski definition) is 1. The Bertz CT molecular complexity index is 366. The second-order valence-corrected chi connectivity index (χ2v) is 4.08. The maximum Gasteiger partial charge on any atom is 0.251 e. The van der Waals surface area contributed by atoms with Gasteiger partial charge in [0.05, 0.1) is 13.2 Å². The molecule has 1 aromatic carbocycles. The van der Waals surface area contributed by atoms with Gasteiger partial charge in [-0.15, -0.1) is 0 Å². The largest absolute Gasteiger partial charge is 0.382 e. The van der Waals surface area contributed by atoms with Crippen molar-refractivity contribution in [1.29, 1.82) is 0 Å². The van der Waals surface area contributed by atoms with E-state index in [0.717, 1.165) is 12.0 Å². The van der Waals surface area contributed by atoms with Gasteiger partial charge in [0.1, 0.15) is 0 Å². The van der Waals surface area contributed by atoms with Crippen molar-refractivity contribution >= 4 is 5.91 Å². The molecule has 0 heterocycles. The Balaban J connectivity index is 2.14. The van der Waals surface area contributed by atoms with Gasteiger partial charge in [-0.05, 0) is 25.5 Å². The number of amides is 1. The fourth-order valence-corrected chi connectivity index (χ4v) is 1.51. The normalized spacial score (nSPS) is 10.3. The van der Waals surface area contributed by atoms with Crippen LogP contribution in [0.3, 0.4) is 0 Å². The molecule has 0 unspecified atom stereocenters. The zero-order valence-electron chi connectivity index (χ0n) is 11.1. The number of benzene rings is 1. The summed E-state index contributed by atoms with van der Waals surface area (Å²) in [6.07, 6.45) is 0.807. The number of carbonyl (C=O) groups excluding carboxylic acids is 1. The quantitative estimate of drug-likeness (QED) is 0.716. The molecular weight excluding hydrogens is 230 g/mol. The van der Waals surface area contributed by atoms with Crippen LogP contribution >= 0.6 is 0 Å². The van der Waals surface area contributed by atoms with Gasteiger partial charge in [0.25, 0.3) is 5.91 Å². The lowest BCUT2D eigenvalue weighted by Crippen LogP contribution is -2.25. The van der Waals surface area contributed by atoms with Crippen molar-refractivity contribution in [2.75, 3.05) is 33.5 Å². The number of nitrogens with one attached hydrogen (secondary N) is 1. The van der Waals surface area contributed by atoms with E-state index < -0.39 is 0 Å². The predicted octanol–water partition coefficient (Wildman–Crippen LogP) is 1.78. The van der Waals surface area contributed by atoms with Crippen LogP contribution in [0.2, 0.25) is 0 Å². The standard InChI is InChI=1S/C14H21NO3/c1-12-5-3-6-13(11-12)14(16)15-7-4-8-18-10-9-17-2/h3,5-6,11H,4,7-10H2,1-2H3,(H,15,16). The summed E-state index contributed by atoms with van der Waals surface area (Å²) in [6, 6.07) is 7.56. The molecule has 0 aromatic heterocycles. The number of methoxy groups -OCH3 is 1. The molecule has 0 aliphatic rings. The Kier molecular flexibility index (Phi) is 7.06. The molecule has 4 heteroatoms. The van der Waals surface area contributed by atoms with E-state index >= 15 is 0 Å². The average Bonchev–Trinajstić information content (AvgIpc) is 2.37. The van der Waals surface area contributed by atoms with Gasteiger partial charge in [0.15, 0.2) is 0 Å². The third-order valence-corrected chi connectivity index (χ3v) is 2.46. The fourth-order valence-electron chi connectivity index (χ4n) is 1.51. The van der Waals surface area contributed by atoms with Gasteiger partial charge in [0.2, 0.25) is 0 Å². The first-order chi connectivity index (χ1) is 8.74. The molecule has 4 nitrogen and oxygen atoms in total. The van der Waals surface area contributed by atoms with Crippen molar-refractivity contribution in [3.63, 3.8) is 0 Å². The minimum absolute atomic E-state index is 0.0319. The summed E-state index contributed by atoms with van der Waals surface area (Å²) in [6.45, 7) is 4.44. The molecule has 0 aliphatic heterocycles. The molecule has 0 saturated carbocycles. The van der Waals surface area contributed by atoms with E-state index in [-0.39, 0.29) is 5.91 Å². The molecule has 0 spiro atoms. The van der Waals surface area contributed by atoms with Gasteiger partial charge in [-0.2, -0.15) is 0 Å². The predicted molar refractivity (Wildman–Crippen MR) is 70.8 cm³/mol. The Morgan fingerprint density at radius 1 is 1.28 bits per heavy atom. The van der Waals surface area contributed by atoms with E-state index in [9.17, 15) is 4.79 Å². The van der Waals surface area contributed by atoms with Gasteiger partial charge in [-0.3, -0.25) is 4.79 Å². The van der Waals surface area contributed by atoms with Crippen LogP contribution in [0.25, 0.3) is 0 Å². The van der Waals surface area contributed by atoms with Crippen LogP contribution < -0.4 is 5.32 Å². The first-order valence-electron chi connectivity index (χ1n) is 6.15. The highest BCUT2D eigenvalue weighted by Gasteiger charge is 2.03. The summed E-state index contributed by atoms with van der Waals surface area (Å²) in [5, 5.41) is 2.87. The van der Waals surface area contributed by atoms with E-state index in [1.807, 2.05) is 31.2 Å². The smallest absolute Gasteiger partial charge is 0.251 e. The number of rotatable bonds is 8. The minimum atomic E-state index is -0.0319. The van der Waals surface area contributed by atoms with Gasteiger partial charge < -0.3 is 14.8 Å². The molecule has 1 aromatic rings. The van der Waals surface area contributed by atoms with Crippen molar-refractivity contribution in [2.45, 2.75) is 13.3 Å². The Morgan fingerprint density at radius 2 is 2.11 bits per heavy atom. The van der Waals surface area contributed by atoms with Gasteiger partial charge in [-0.1, -0.05) is 17.7 Å². The van der Waals surface area contributed by atoms with E-state index in [0.29, 0.717) is 31.9 Å². The molecule has 0 fully saturated rings. The molecule has 1 N–H and O–H groups in total. The zero-order valence-corrected chi connectivity index (χ0v) is 11.1. The van der Waals surface area contributed by atoms with E-state index in [4.69, 9.17) is 9.47 Å². The molecule has 0 atom stereocenters. The van der Waals surface area contributed by atoms with Crippen LogP contribution in [0.4, 0.5) is 0 Å². The molecule has 0 radical (unpaired) electrons. The summed E-state index contributed by atoms with van der Waals surface area (Å²) in [7, 11) is 1.64. The summed E-state index contributed by atoms with van der Waals surface area (Å²) < 4.78 is 10.2. The van der Waals surface area contributed by atoms with Crippen LogP contribution in [0.1, 0.15) is 22.3 Å². The highest BCUT2D eigenvalue weighted by atomic mass is 16.5. The summed E-state index contributed by atoms with van der Waals surface area (Å²) in [5.74, 6) is -0.0319.